The summed E-state index contributed by atoms with van der Waals surface area (Å²) in [5, 5.41) is 8.90. The number of carboxylic acids is 1. The summed E-state index contributed by atoms with van der Waals surface area (Å²) in [5.41, 5.74) is 5.28. The molecule has 1 heterocycles. The quantitative estimate of drug-likeness (QED) is 0.652. The molecule has 0 aliphatic carbocycles. The highest BCUT2D eigenvalue weighted by molar-refractivity contribution is 7.80. The molecule has 1 saturated heterocycles. The van der Waals surface area contributed by atoms with Gasteiger partial charge in [-0.25, -0.2) is 4.79 Å². The van der Waals surface area contributed by atoms with Crippen molar-refractivity contribution in [2.24, 2.45) is 5.73 Å². The Morgan fingerprint density at radius 1 is 1.60 bits per heavy atom. The van der Waals surface area contributed by atoms with Crippen LogP contribution in [0.25, 0.3) is 0 Å². The molecule has 6 heteroatoms. The van der Waals surface area contributed by atoms with Gasteiger partial charge in [-0.1, -0.05) is 12.2 Å². The zero-order valence-corrected chi connectivity index (χ0v) is 9.13. The second kappa shape index (κ2) is 5.18. The minimum Gasteiger partial charge on any atom is -0.480 e. The molecule has 0 aromatic carbocycles. The number of thiocarbonyl (C=S) groups is 1. The Hall–Kier alpha value is -1.01. The van der Waals surface area contributed by atoms with Gasteiger partial charge in [-0.15, -0.1) is 0 Å². The zero-order chi connectivity index (χ0) is 11.4. The first kappa shape index (κ1) is 12.1. The van der Waals surface area contributed by atoms with Gasteiger partial charge in [0.25, 0.3) is 0 Å². The molecule has 84 valence electrons. The summed E-state index contributed by atoms with van der Waals surface area (Å²) < 4.78 is 0. The highest BCUT2D eigenvalue weighted by Gasteiger charge is 2.36. The predicted octanol–water partition coefficient (Wildman–Crippen LogP) is -0.219. The van der Waals surface area contributed by atoms with E-state index in [-0.39, 0.29) is 12.5 Å². The predicted molar refractivity (Wildman–Crippen MR) is 58.6 cm³/mol. The molecule has 1 aliphatic rings. The maximum atomic E-state index is 11.6. The van der Waals surface area contributed by atoms with E-state index in [2.05, 4.69) is 0 Å². The van der Waals surface area contributed by atoms with Crippen LogP contribution in [0.3, 0.4) is 0 Å². The van der Waals surface area contributed by atoms with E-state index in [0.717, 1.165) is 0 Å². The Labute approximate surface area is 93.2 Å². The van der Waals surface area contributed by atoms with Gasteiger partial charge in [-0.05, 0) is 13.0 Å². The lowest BCUT2D eigenvalue weighted by Gasteiger charge is -2.20. The van der Waals surface area contributed by atoms with Gasteiger partial charge in [0.15, 0.2) is 0 Å². The summed E-state index contributed by atoms with van der Waals surface area (Å²) in [6.45, 7) is 0.720. The van der Waals surface area contributed by atoms with Gasteiger partial charge in [0.2, 0.25) is 5.91 Å². The summed E-state index contributed by atoms with van der Waals surface area (Å²) in [7, 11) is 0. The minimum atomic E-state index is -0.990. The number of nitrogens with two attached hydrogens (primary N) is 1. The number of carbonyl (C=O) groups is 2. The van der Waals surface area contributed by atoms with Crippen LogP contribution in [0.2, 0.25) is 0 Å². The summed E-state index contributed by atoms with van der Waals surface area (Å²) in [6, 6.07) is -0.775. The van der Waals surface area contributed by atoms with E-state index in [4.69, 9.17) is 23.1 Å². The molecule has 3 N–H and O–H groups in total. The van der Waals surface area contributed by atoms with E-state index < -0.39 is 12.0 Å². The fourth-order valence-electron chi connectivity index (χ4n) is 1.57. The molecule has 0 radical (unpaired) electrons. The maximum absolute atomic E-state index is 11.6. The lowest BCUT2D eigenvalue weighted by Crippen LogP contribution is -2.40. The van der Waals surface area contributed by atoms with Gasteiger partial charge in [-0.3, -0.25) is 4.79 Å². The van der Waals surface area contributed by atoms with Gasteiger partial charge >= 0.3 is 5.97 Å². The number of likely N-dealkylation sites (tertiary alicyclic amines) is 1. The maximum Gasteiger partial charge on any atom is 0.326 e. The number of hydrogen-bond donors (Lipinski definition) is 2. The van der Waals surface area contributed by atoms with Crippen LogP contribution in [-0.2, 0) is 9.59 Å². The number of amides is 1. The molecule has 1 rings (SSSR count). The van der Waals surface area contributed by atoms with Crippen LogP contribution in [0.15, 0.2) is 0 Å². The molecule has 0 unspecified atom stereocenters. The second-order valence-corrected chi connectivity index (χ2v) is 4.09. The van der Waals surface area contributed by atoms with E-state index in [1.165, 1.54) is 4.90 Å². The summed E-state index contributed by atoms with van der Waals surface area (Å²) in [4.78, 5) is 24.4. The van der Waals surface area contributed by atoms with Gasteiger partial charge in [0.1, 0.15) is 6.04 Å². The van der Waals surface area contributed by atoms with Crippen molar-refractivity contribution in [1.29, 1.82) is 0 Å². The van der Waals surface area contributed by atoms with Crippen molar-refractivity contribution >= 4 is 29.0 Å². The van der Waals surface area contributed by atoms with Crippen LogP contribution in [0.4, 0.5) is 0 Å². The molecule has 0 aromatic rings. The third kappa shape index (κ3) is 2.97. The Kier molecular flexibility index (Phi) is 4.16. The van der Waals surface area contributed by atoms with Crippen LogP contribution in [0.1, 0.15) is 19.3 Å². The third-order valence-corrected chi connectivity index (χ3v) is 2.64. The molecule has 1 amide bonds. The Bertz CT molecular complexity index is 293. The molecular weight excluding hydrogens is 216 g/mol. The van der Waals surface area contributed by atoms with Crippen LogP contribution in [0, 0.1) is 0 Å². The summed E-state index contributed by atoms with van der Waals surface area (Å²) in [5.74, 6) is -1.16. The number of carbonyl (C=O) groups excluding carboxylic acids is 1. The van der Waals surface area contributed by atoms with Crippen LogP contribution >= 0.6 is 12.2 Å². The zero-order valence-electron chi connectivity index (χ0n) is 8.31. The van der Waals surface area contributed by atoms with Crippen molar-refractivity contribution in [2.45, 2.75) is 25.3 Å². The fraction of sp³-hybridized carbons (Fsp3) is 0.667. The van der Waals surface area contributed by atoms with Gasteiger partial charge in [0.05, 0.1) is 6.54 Å². The number of nitrogens with zero attached hydrogens (tertiary/aromatic N) is 1. The topological polar surface area (TPSA) is 83.6 Å². The summed E-state index contributed by atoms with van der Waals surface area (Å²) in [6.07, 6.45) is 1.16. The van der Waals surface area contributed by atoms with E-state index in [0.29, 0.717) is 30.7 Å². The highest BCUT2D eigenvalue weighted by Crippen LogP contribution is 2.17. The molecule has 15 heavy (non-hydrogen) atoms. The second-order valence-electron chi connectivity index (χ2n) is 3.51. The smallest absolute Gasteiger partial charge is 0.326 e. The van der Waals surface area contributed by atoms with Crippen molar-refractivity contribution in [3.63, 3.8) is 0 Å². The molecule has 0 bridgehead atoms. The normalized spacial score (nSPS) is 20.7. The van der Waals surface area contributed by atoms with Crippen molar-refractivity contribution in [3.05, 3.63) is 0 Å². The Morgan fingerprint density at radius 2 is 2.27 bits per heavy atom. The molecule has 5 nitrogen and oxygen atoms in total. The van der Waals surface area contributed by atoms with Crippen molar-refractivity contribution in [3.8, 4) is 0 Å². The molecule has 0 aromatic heterocycles. The first-order valence-electron chi connectivity index (χ1n) is 4.80. The monoisotopic (exact) mass is 230 g/mol. The molecule has 0 saturated carbocycles. The average molecular weight is 230 g/mol. The van der Waals surface area contributed by atoms with E-state index in [9.17, 15) is 9.59 Å². The Balaban J connectivity index is 2.62. The number of hydrogen-bond acceptors (Lipinski definition) is 4. The molecule has 1 atom stereocenters. The summed E-state index contributed by atoms with van der Waals surface area (Å²) >= 11 is 4.94. The molecule has 1 aliphatic heterocycles. The van der Waals surface area contributed by atoms with Gasteiger partial charge in [-0.2, -0.15) is 0 Å². The largest absolute Gasteiger partial charge is 0.480 e. The van der Waals surface area contributed by atoms with Crippen LogP contribution in [-0.4, -0.2) is 45.9 Å². The van der Waals surface area contributed by atoms with Crippen molar-refractivity contribution < 1.29 is 14.7 Å². The highest BCUT2D eigenvalue weighted by atomic mass is 32.1. The average Bonchev–Trinajstić information content (AvgIpc) is 2.57. The van der Waals surface area contributed by atoms with Crippen LogP contribution < -0.4 is 5.73 Å². The lowest BCUT2D eigenvalue weighted by molar-refractivity contribution is -0.148. The number of rotatable bonds is 4. The molecule has 0 spiro atoms. The first-order valence-corrected chi connectivity index (χ1v) is 5.21. The van der Waals surface area contributed by atoms with Gasteiger partial charge < -0.3 is 15.7 Å². The first-order chi connectivity index (χ1) is 7.06. The minimum absolute atomic E-state index is 0.173. The number of aliphatic carboxylic acids is 1. The lowest BCUT2D eigenvalue weighted by atomic mass is 10.2. The Morgan fingerprint density at radius 3 is 2.80 bits per heavy atom. The molecule has 1 fully saturated rings. The number of carboxylic acid groups (broad SMARTS) is 1. The van der Waals surface area contributed by atoms with Crippen LogP contribution in [0.5, 0.6) is 0 Å². The van der Waals surface area contributed by atoms with Crippen molar-refractivity contribution in [2.75, 3.05) is 13.1 Å². The van der Waals surface area contributed by atoms with E-state index in [1.54, 1.807) is 0 Å². The fourth-order valence-corrected chi connectivity index (χ4v) is 1.87. The van der Waals surface area contributed by atoms with Crippen molar-refractivity contribution in [1.82, 2.24) is 4.90 Å². The van der Waals surface area contributed by atoms with E-state index >= 15 is 0 Å². The third-order valence-electron chi connectivity index (χ3n) is 2.34. The SMILES string of the molecule is NCCCC(=O)N1CC(=S)C[C@H]1C(=O)O. The molecular formula is C9H14N2O3S. The standard InChI is InChI=1S/C9H14N2O3S/c10-3-1-2-8(12)11-5-6(15)4-7(11)9(13)14/h7H,1-5,10H2,(H,13,14)/t7-/m0/s1. The van der Waals surface area contributed by atoms with Gasteiger partial charge in [0, 0.05) is 17.7 Å². The van der Waals surface area contributed by atoms with E-state index in [1.807, 2.05) is 0 Å².